The number of hydrogen-bond donors (Lipinski definition) is 2. The Hall–Kier alpha value is -2.53. The van der Waals surface area contributed by atoms with Crippen molar-refractivity contribution in [2.75, 3.05) is 0 Å². The molecule has 3 N–H and O–H groups in total. The van der Waals surface area contributed by atoms with Crippen molar-refractivity contribution in [3.8, 4) is 5.75 Å². The van der Waals surface area contributed by atoms with Gasteiger partial charge >= 0.3 is 0 Å². The summed E-state index contributed by atoms with van der Waals surface area (Å²) in [7, 11) is 0. The van der Waals surface area contributed by atoms with Crippen LogP contribution in [-0.2, 0) is 16.0 Å². The van der Waals surface area contributed by atoms with Gasteiger partial charge in [0.1, 0.15) is 11.8 Å². The monoisotopic (exact) mass is 346 g/mol. The minimum atomic E-state index is -0.817. The number of benzene rings is 2. The maximum Gasteiger partial charge on any atom is 0.261 e. The lowest BCUT2D eigenvalue weighted by Crippen LogP contribution is -2.49. The molecule has 2 amide bonds. The van der Waals surface area contributed by atoms with Gasteiger partial charge in [0, 0.05) is 6.42 Å². The summed E-state index contributed by atoms with van der Waals surface area (Å²) in [6.45, 7) is 1.58. The van der Waals surface area contributed by atoms with E-state index in [0.717, 1.165) is 5.56 Å². The largest absolute Gasteiger partial charge is 0.479 e. The van der Waals surface area contributed by atoms with E-state index < -0.39 is 24.0 Å². The molecule has 2 aromatic carbocycles. The molecule has 2 aromatic rings. The number of ether oxygens (including phenoxy) is 1. The lowest BCUT2D eigenvalue weighted by molar-refractivity contribution is -0.131. The van der Waals surface area contributed by atoms with E-state index in [2.05, 4.69) is 5.32 Å². The first kappa shape index (κ1) is 17.8. The van der Waals surface area contributed by atoms with Crippen LogP contribution < -0.4 is 15.8 Å². The van der Waals surface area contributed by atoms with Gasteiger partial charge in [-0.1, -0.05) is 54.1 Å². The molecule has 0 fully saturated rings. The molecule has 2 rings (SSSR count). The van der Waals surface area contributed by atoms with Crippen molar-refractivity contribution in [1.82, 2.24) is 5.32 Å². The van der Waals surface area contributed by atoms with Crippen molar-refractivity contribution in [3.05, 3.63) is 65.2 Å². The van der Waals surface area contributed by atoms with Crippen molar-refractivity contribution >= 4 is 23.4 Å². The summed E-state index contributed by atoms with van der Waals surface area (Å²) in [5, 5.41) is 3.03. The molecule has 0 radical (unpaired) electrons. The number of carbonyl (C=O) groups is 2. The summed E-state index contributed by atoms with van der Waals surface area (Å²) in [4.78, 5) is 23.9. The molecule has 24 heavy (non-hydrogen) atoms. The summed E-state index contributed by atoms with van der Waals surface area (Å²) in [5.74, 6) is -0.632. The lowest BCUT2D eigenvalue weighted by atomic mass is 10.1. The first-order valence-corrected chi connectivity index (χ1v) is 7.90. The predicted molar refractivity (Wildman–Crippen MR) is 92.8 cm³/mol. The third kappa shape index (κ3) is 4.99. The minimum Gasteiger partial charge on any atom is -0.479 e. The highest BCUT2D eigenvalue weighted by Crippen LogP contribution is 2.24. The van der Waals surface area contributed by atoms with Crippen molar-refractivity contribution in [2.24, 2.45) is 5.73 Å². The second-order valence-electron chi connectivity index (χ2n) is 5.34. The third-order valence-corrected chi connectivity index (χ3v) is 3.76. The molecule has 0 bridgehead atoms. The molecule has 0 unspecified atom stereocenters. The maximum absolute atomic E-state index is 12.3. The van der Waals surface area contributed by atoms with Gasteiger partial charge in [0.15, 0.2) is 6.10 Å². The van der Waals surface area contributed by atoms with E-state index >= 15 is 0 Å². The second-order valence-corrected chi connectivity index (χ2v) is 5.75. The summed E-state index contributed by atoms with van der Waals surface area (Å²) in [6.07, 6.45) is -0.497. The van der Waals surface area contributed by atoms with Crippen LogP contribution in [-0.4, -0.2) is 24.0 Å². The number of rotatable bonds is 7. The molecule has 0 aliphatic carbocycles. The smallest absolute Gasteiger partial charge is 0.261 e. The molecule has 0 aromatic heterocycles. The van der Waals surface area contributed by atoms with Gasteiger partial charge in [0.2, 0.25) is 5.91 Å². The summed E-state index contributed by atoms with van der Waals surface area (Å²) in [5.41, 5.74) is 6.30. The van der Waals surface area contributed by atoms with Crippen molar-refractivity contribution < 1.29 is 14.3 Å². The predicted octanol–water partition coefficient (Wildman–Crippen LogP) is 2.32. The molecule has 0 aliphatic rings. The Morgan fingerprint density at radius 2 is 1.75 bits per heavy atom. The number of hydrogen-bond acceptors (Lipinski definition) is 3. The highest BCUT2D eigenvalue weighted by atomic mass is 35.5. The van der Waals surface area contributed by atoms with Crippen molar-refractivity contribution in [2.45, 2.75) is 25.5 Å². The molecule has 126 valence electrons. The number of carbonyl (C=O) groups excluding carboxylic acids is 2. The average Bonchev–Trinajstić information content (AvgIpc) is 2.57. The third-order valence-electron chi connectivity index (χ3n) is 3.45. The Bertz CT molecular complexity index is 706. The molecule has 2 atom stereocenters. The number of nitrogens with one attached hydrogen (secondary N) is 1. The second kappa shape index (κ2) is 8.36. The van der Waals surface area contributed by atoms with E-state index in [9.17, 15) is 9.59 Å². The van der Waals surface area contributed by atoms with Crippen LogP contribution in [0.2, 0.25) is 5.02 Å². The zero-order valence-electron chi connectivity index (χ0n) is 13.2. The molecule has 0 saturated carbocycles. The average molecular weight is 347 g/mol. The van der Waals surface area contributed by atoms with Gasteiger partial charge in [0.25, 0.3) is 5.91 Å². The fourth-order valence-corrected chi connectivity index (χ4v) is 2.33. The van der Waals surface area contributed by atoms with Crippen LogP contribution in [0.25, 0.3) is 0 Å². The molecule has 6 heteroatoms. The zero-order chi connectivity index (χ0) is 17.5. The molecular formula is C18H19ClN2O3. The van der Waals surface area contributed by atoms with Crippen molar-refractivity contribution in [3.63, 3.8) is 0 Å². The Kier molecular flexibility index (Phi) is 6.21. The number of halogens is 1. The quantitative estimate of drug-likeness (QED) is 0.807. The highest BCUT2D eigenvalue weighted by molar-refractivity contribution is 6.32. The normalized spacial score (nSPS) is 12.9. The zero-order valence-corrected chi connectivity index (χ0v) is 14.0. The molecular weight excluding hydrogens is 328 g/mol. The fourth-order valence-electron chi connectivity index (χ4n) is 2.15. The van der Waals surface area contributed by atoms with Gasteiger partial charge in [0.05, 0.1) is 5.02 Å². The van der Waals surface area contributed by atoms with Gasteiger partial charge in [-0.3, -0.25) is 9.59 Å². The maximum atomic E-state index is 12.3. The van der Waals surface area contributed by atoms with Crippen LogP contribution in [0.5, 0.6) is 5.75 Å². The Morgan fingerprint density at radius 3 is 2.38 bits per heavy atom. The summed E-state index contributed by atoms with van der Waals surface area (Å²) >= 11 is 6.01. The number of amides is 2. The summed E-state index contributed by atoms with van der Waals surface area (Å²) < 4.78 is 5.54. The Labute approximate surface area is 145 Å². The first-order chi connectivity index (χ1) is 11.5. The molecule has 0 saturated heterocycles. The van der Waals surface area contributed by atoms with Crippen LogP contribution >= 0.6 is 11.6 Å². The number of primary amides is 1. The lowest BCUT2D eigenvalue weighted by Gasteiger charge is -2.20. The number of nitrogens with two attached hydrogens (primary N) is 1. The van der Waals surface area contributed by atoms with Crippen molar-refractivity contribution in [1.29, 1.82) is 0 Å². The molecule has 0 spiro atoms. The highest BCUT2D eigenvalue weighted by Gasteiger charge is 2.23. The standard InChI is InChI=1S/C18H19ClN2O3/c1-12(24-16-10-6-5-9-14(16)19)18(23)21-15(17(20)22)11-13-7-3-2-4-8-13/h2-10,12,15H,11H2,1H3,(H2,20,22)(H,21,23)/t12-,15-/m0/s1. The minimum absolute atomic E-state index is 0.320. The Morgan fingerprint density at radius 1 is 1.12 bits per heavy atom. The first-order valence-electron chi connectivity index (χ1n) is 7.52. The fraction of sp³-hybridized carbons (Fsp3) is 0.222. The van der Waals surface area contributed by atoms with Gasteiger partial charge in [-0.05, 0) is 24.6 Å². The van der Waals surface area contributed by atoms with Gasteiger partial charge in [-0.25, -0.2) is 0 Å². The van der Waals surface area contributed by atoms with Gasteiger partial charge < -0.3 is 15.8 Å². The van der Waals surface area contributed by atoms with Crippen LogP contribution in [0, 0.1) is 0 Å². The molecule has 0 aliphatic heterocycles. The SMILES string of the molecule is C[C@H](Oc1ccccc1Cl)C(=O)N[C@@H](Cc1ccccc1)C(N)=O. The number of para-hydroxylation sites is 1. The van der Waals surface area contributed by atoms with Crippen LogP contribution in [0.1, 0.15) is 12.5 Å². The van der Waals surface area contributed by atoms with E-state index in [1.165, 1.54) is 0 Å². The van der Waals surface area contributed by atoms with Crippen LogP contribution in [0.4, 0.5) is 0 Å². The van der Waals surface area contributed by atoms with Gasteiger partial charge in [-0.2, -0.15) is 0 Å². The topological polar surface area (TPSA) is 81.4 Å². The Balaban J connectivity index is 1.99. The van der Waals surface area contributed by atoms with E-state index in [4.69, 9.17) is 22.1 Å². The molecule has 5 nitrogen and oxygen atoms in total. The van der Waals surface area contributed by atoms with E-state index in [1.54, 1.807) is 31.2 Å². The van der Waals surface area contributed by atoms with Gasteiger partial charge in [-0.15, -0.1) is 0 Å². The molecule has 0 heterocycles. The van der Waals surface area contributed by atoms with E-state index in [1.807, 2.05) is 30.3 Å². The van der Waals surface area contributed by atoms with E-state index in [-0.39, 0.29) is 0 Å². The van der Waals surface area contributed by atoms with E-state index in [0.29, 0.717) is 17.2 Å². The van der Waals surface area contributed by atoms with Crippen LogP contribution in [0.3, 0.4) is 0 Å². The van der Waals surface area contributed by atoms with Crippen LogP contribution in [0.15, 0.2) is 54.6 Å². The summed E-state index contributed by atoms with van der Waals surface area (Å²) in [6, 6.07) is 15.4.